The molecule has 1 aromatic heterocycles. The minimum absolute atomic E-state index is 0.177. The molecule has 2 amide bonds. The fourth-order valence-corrected chi connectivity index (χ4v) is 2.29. The first-order valence-electron chi connectivity index (χ1n) is 7.43. The highest BCUT2D eigenvalue weighted by Gasteiger charge is 2.18. The van der Waals surface area contributed by atoms with E-state index in [1.165, 1.54) is 0 Å². The van der Waals surface area contributed by atoms with Gasteiger partial charge in [-0.2, -0.15) is 0 Å². The number of nitrogens with zero attached hydrogens (tertiary/aromatic N) is 2. The van der Waals surface area contributed by atoms with Crippen LogP contribution >= 0.6 is 0 Å². The molecule has 1 heterocycles. The Morgan fingerprint density at radius 2 is 2.09 bits per heavy atom. The van der Waals surface area contributed by atoms with Crippen molar-refractivity contribution in [3.63, 3.8) is 0 Å². The van der Waals surface area contributed by atoms with Gasteiger partial charge in [-0.1, -0.05) is 25.9 Å². The Labute approximate surface area is 136 Å². The van der Waals surface area contributed by atoms with Crippen molar-refractivity contribution < 1.29 is 9.59 Å². The Kier molecular flexibility index (Phi) is 5.21. The summed E-state index contributed by atoms with van der Waals surface area (Å²) < 4.78 is 1.91. The molecule has 0 saturated heterocycles. The van der Waals surface area contributed by atoms with E-state index in [4.69, 9.17) is 5.73 Å². The largest absolute Gasteiger partial charge is 0.366 e. The van der Waals surface area contributed by atoms with Gasteiger partial charge in [0.25, 0.3) is 5.91 Å². The number of para-hydroxylation sites is 1. The van der Waals surface area contributed by atoms with Crippen LogP contribution in [0.25, 0.3) is 0 Å². The summed E-state index contributed by atoms with van der Waals surface area (Å²) in [4.78, 5) is 28.2. The Morgan fingerprint density at radius 3 is 2.70 bits per heavy atom. The minimum Gasteiger partial charge on any atom is -0.366 e. The lowest BCUT2D eigenvalue weighted by molar-refractivity contribution is -0.119. The predicted octanol–water partition coefficient (Wildman–Crippen LogP) is 0.714. The SMILES string of the molecule is C[B]c1cn(C)c(CC(C)C(=O)Nc2ccccc2C(N)=O)n1. The second-order valence-electron chi connectivity index (χ2n) is 5.49. The summed E-state index contributed by atoms with van der Waals surface area (Å²) in [5.41, 5.74) is 6.93. The van der Waals surface area contributed by atoms with Gasteiger partial charge in [0.05, 0.1) is 11.3 Å². The van der Waals surface area contributed by atoms with Crippen LogP contribution in [0.2, 0.25) is 6.82 Å². The third-order valence-electron chi connectivity index (χ3n) is 3.67. The first-order valence-corrected chi connectivity index (χ1v) is 7.43. The zero-order chi connectivity index (χ0) is 17.0. The first-order chi connectivity index (χ1) is 10.9. The molecule has 0 saturated carbocycles. The number of hydrogen-bond donors (Lipinski definition) is 2. The van der Waals surface area contributed by atoms with Gasteiger partial charge in [-0.15, -0.1) is 0 Å². The van der Waals surface area contributed by atoms with Crippen LogP contribution < -0.4 is 16.6 Å². The van der Waals surface area contributed by atoms with Gasteiger partial charge >= 0.3 is 0 Å². The van der Waals surface area contributed by atoms with Gasteiger partial charge in [0, 0.05) is 31.2 Å². The second kappa shape index (κ2) is 7.13. The van der Waals surface area contributed by atoms with E-state index in [1.54, 1.807) is 24.3 Å². The second-order valence-corrected chi connectivity index (χ2v) is 5.49. The molecule has 1 atom stereocenters. The van der Waals surface area contributed by atoms with E-state index in [9.17, 15) is 9.59 Å². The fourth-order valence-electron chi connectivity index (χ4n) is 2.29. The van der Waals surface area contributed by atoms with Gasteiger partial charge in [-0.3, -0.25) is 9.59 Å². The van der Waals surface area contributed by atoms with Gasteiger partial charge in [-0.05, 0) is 12.1 Å². The summed E-state index contributed by atoms with van der Waals surface area (Å²) in [6.45, 7) is 3.75. The van der Waals surface area contributed by atoms with Crippen LogP contribution in [0.4, 0.5) is 5.69 Å². The third kappa shape index (κ3) is 4.00. The van der Waals surface area contributed by atoms with Gasteiger partial charge in [0.1, 0.15) is 5.82 Å². The van der Waals surface area contributed by atoms with Crippen molar-refractivity contribution in [1.82, 2.24) is 9.55 Å². The number of amides is 2. The monoisotopic (exact) mass is 311 g/mol. The lowest BCUT2D eigenvalue weighted by atomic mass is 9.79. The number of aromatic nitrogens is 2. The minimum atomic E-state index is -0.569. The molecular weight excluding hydrogens is 291 g/mol. The van der Waals surface area contributed by atoms with Crippen LogP contribution in [0.15, 0.2) is 30.5 Å². The normalized spacial score (nSPS) is 11.8. The molecule has 23 heavy (non-hydrogen) atoms. The molecule has 7 heteroatoms. The number of nitrogens with one attached hydrogen (secondary N) is 1. The third-order valence-corrected chi connectivity index (χ3v) is 3.67. The zero-order valence-electron chi connectivity index (χ0n) is 13.5. The molecule has 3 N–H and O–H groups in total. The molecule has 119 valence electrons. The summed E-state index contributed by atoms with van der Waals surface area (Å²) in [6.07, 6.45) is 2.43. The lowest BCUT2D eigenvalue weighted by Crippen LogP contribution is -2.25. The Morgan fingerprint density at radius 1 is 1.39 bits per heavy atom. The summed E-state index contributed by atoms with van der Waals surface area (Å²) in [7, 11) is 3.82. The molecule has 1 radical (unpaired) electrons. The van der Waals surface area contributed by atoms with E-state index in [0.717, 1.165) is 11.4 Å². The molecule has 0 aliphatic heterocycles. The number of imidazole rings is 1. The number of carbonyl (C=O) groups excluding carboxylic acids is 2. The van der Waals surface area contributed by atoms with Gasteiger partial charge in [0.2, 0.25) is 5.91 Å². The molecule has 2 rings (SSSR count). The number of anilines is 1. The molecule has 0 spiro atoms. The summed E-state index contributed by atoms with van der Waals surface area (Å²) in [5.74, 6) is -0.199. The van der Waals surface area contributed by atoms with Crippen LogP contribution in [0.1, 0.15) is 23.1 Å². The average Bonchev–Trinajstić information content (AvgIpc) is 2.87. The number of nitrogens with two attached hydrogens (primary N) is 1. The molecule has 2 aromatic rings. The molecular formula is C16H20BN4O2. The average molecular weight is 311 g/mol. The molecule has 0 bridgehead atoms. The summed E-state index contributed by atoms with van der Waals surface area (Å²) in [5, 5.41) is 2.77. The van der Waals surface area contributed by atoms with Gasteiger partial charge in [0.15, 0.2) is 7.28 Å². The topological polar surface area (TPSA) is 90.0 Å². The summed E-state index contributed by atoms with van der Waals surface area (Å²) in [6, 6.07) is 6.70. The first kappa shape index (κ1) is 16.8. The maximum absolute atomic E-state index is 12.4. The van der Waals surface area contributed by atoms with Crippen LogP contribution in [0.5, 0.6) is 0 Å². The van der Waals surface area contributed by atoms with E-state index in [-0.39, 0.29) is 11.8 Å². The van der Waals surface area contributed by atoms with E-state index in [0.29, 0.717) is 17.7 Å². The van der Waals surface area contributed by atoms with Crippen molar-refractivity contribution in [2.45, 2.75) is 20.2 Å². The predicted molar refractivity (Wildman–Crippen MR) is 90.9 cm³/mol. The van der Waals surface area contributed by atoms with Crippen molar-refractivity contribution in [3.8, 4) is 0 Å². The maximum Gasteiger partial charge on any atom is 0.250 e. The van der Waals surface area contributed by atoms with Crippen LogP contribution in [0, 0.1) is 5.92 Å². The Bertz CT molecular complexity index is 727. The molecule has 0 aliphatic carbocycles. The van der Waals surface area contributed by atoms with Crippen LogP contribution in [-0.2, 0) is 18.3 Å². The molecule has 0 aliphatic rings. The highest BCUT2D eigenvalue weighted by Crippen LogP contribution is 2.16. The lowest BCUT2D eigenvalue weighted by Gasteiger charge is -2.13. The quantitative estimate of drug-likeness (QED) is 0.770. The van der Waals surface area contributed by atoms with E-state index < -0.39 is 5.91 Å². The number of carbonyl (C=O) groups is 2. The highest BCUT2D eigenvalue weighted by atomic mass is 16.2. The van der Waals surface area contributed by atoms with Crippen molar-refractivity contribution in [3.05, 3.63) is 41.9 Å². The smallest absolute Gasteiger partial charge is 0.250 e. The standard InChI is InChI=1S/C16H20BN4O2/c1-10(8-14-20-13(17-2)9-21(14)3)16(23)19-12-7-5-4-6-11(12)15(18)22/h4-7,9-10H,8H2,1-3H3,(H2,18,22)(H,19,23). The number of benzene rings is 1. The van der Waals surface area contributed by atoms with Crippen molar-refractivity contribution in [2.24, 2.45) is 18.7 Å². The summed E-state index contributed by atoms with van der Waals surface area (Å²) >= 11 is 0. The molecule has 1 aromatic carbocycles. The van der Waals surface area contributed by atoms with Crippen molar-refractivity contribution >= 4 is 30.4 Å². The van der Waals surface area contributed by atoms with E-state index in [2.05, 4.69) is 10.3 Å². The number of hydrogen-bond acceptors (Lipinski definition) is 3. The zero-order valence-corrected chi connectivity index (χ0v) is 13.5. The van der Waals surface area contributed by atoms with Crippen LogP contribution in [-0.4, -0.2) is 28.6 Å². The molecule has 6 nitrogen and oxygen atoms in total. The highest BCUT2D eigenvalue weighted by molar-refractivity contribution is 6.50. The van der Waals surface area contributed by atoms with Crippen LogP contribution in [0.3, 0.4) is 0 Å². The number of rotatable bonds is 6. The van der Waals surface area contributed by atoms with E-state index >= 15 is 0 Å². The Hall–Kier alpha value is -2.57. The van der Waals surface area contributed by atoms with Gasteiger partial charge < -0.3 is 15.6 Å². The van der Waals surface area contributed by atoms with E-state index in [1.807, 2.05) is 38.8 Å². The van der Waals surface area contributed by atoms with Gasteiger partial charge in [-0.25, -0.2) is 4.98 Å². The van der Waals surface area contributed by atoms with Crippen molar-refractivity contribution in [1.29, 1.82) is 0 Å². The van der Waals surface area contributed by atoms with Crippen molar-refractivity contribution in [2.75, 3.05) is 5.32 Å². The molecule has 0 fully saturated rings. The Balaban J connectivity index is 2.08. The number of aryl methyl sites for hydroxylation is 1. The number of primary amides is 1. The maximum atomic E-state index is 12.4. The fraction of sp³-hybridized carbons (Fsp3) is 0.312. The molecule has 1 unspecified atom stereocenters.